The van der Waals surface area contributed by atoms with E-state index >= 15 is 0 Å². The minimum Gasteiger partial charge on any atom is -0.508 e. The SMILES string of the molecule is CC1=NN=C(/C=C/c2ccc(O)cc2)c2cc3c(cc2C1)OCO3. The Hall–Kier alpha value is -3.08. The maximum Gasteiger partial charge on any atom is 0.231 e. The standard InChI is InChI=1S/C19H16N2O3/c1-12-8-14-9-18-19(24-11-23-18)10-16(14)17(21-20-12)7-4-13-2-5-15(22)6-3-13/h2-7,9-10,22H,8,11H2,1H3/b7-4+. The van der Waals surface area contributed by atoms with Crippen LogP contribution in [0.3, 0.4) is 0 Å². The van der Waals surface area contributed by atoms with Gasteiger partial charge in [-0.2, -0.15) is 10.2 Å². The van der Waals surface area contributed by atoms with Crippen molar-refractivity contribution < 1.29 is 14.6 Å². The molecule has 0 atom stereocenters. The van der Waals surface area contributed by atoms with Crippen molar-refractivity contribution in [2.45, 2.75) is 13.3 Å². The molecule has 0 unspecified atom stereocenters. The second kappa shape index (κ2) is 5.85. The van der Waals surface area contributed by atoms with Crippen LogP contribution < -0.4 is 9.47 Å². The van der Waals surface area contributed by atoms with E-state index in [1.807, 2.05) is 43.3 Å². The molecule has 0 saturated heterocycles. The highest BCUT2D eigenvalue weighted by molar-refractivity contribution is 6.13. The van der Waals surface area contributed by atoms with Crippen molar-refractivity contribution in [3.63, 3.8) is 0 Å². The number of hydrogen-bond donors (Lipinski definition) is 1. The fourth-order valence-electron chi connectivity index (χ4n) is 2.76. The number of aromatic hydroxyl groups is 1. The molecule has 0 spiro atoms. The number of benzene rings is 2. The van der Waals surface area contributed by atoms with E-state index in [2.05, 4.69) is 10.2 Å². The van der Waals surface area contributed by atoms with E-state index in [0.717, 1.165) is 46.0 Å². The van der Waals surface area contributed by atoms with Crippen LogP contribution >= 0.6 is 0 Å². The average molecular weight is 320 g/mol. The van der Waals surface area contributed by atoms with Crippen LogP contribution in [0.4, 0.5) is 0 Å². The van der Waals surface area contributed by atoms with Gasteiger partial charge in [-0.3, -0.25) is 0 Å². The van der Waals surface area contributed by atoms with Gasteiger partial charge in [0, 0.05) is 17.7 Å². The largest absolute Gasteiger partial charge is 0.508 e. The average Bonchev–Trinajstić information content (AvgIpc) is 2.97. The van der Waals surface area contributed by atoms with Crippen LogP contribution in [0, 0.1) is 0 Å². The topological polar surface area (TPSA) is 63.4 Å². The predicted molar refractivity (Wildman–Crippen MR) is 93.1 cm³/mol. The van der Waals surface area contributed by atoms with Gasteiger partial charge in [0.05, 0.1) is 5.71 Å². The van der Waals surface area contributed by atoms with Crippen LogP contribution in [0.15, 0.2) is 52.7 Å². The Labute approximate surface area is 139 Å². The molecule has 120 valence electrons. The monoisotopic (exact) mass is 320 g/mol. The summed E-state index contributed by atoms with van der Waals surface area (Å²) in [6.45, 7) is 2.21. The number of allylic oxidation sites excluding steroid dienone is 1. The molecule has 0 amide bonds. The summed E-state index contributed by atoms with van der Waals surface area (Å²) >= 11 is 0. The molecule has 2 aliphatic heterocycles. The van der Waals surface area contributed by atoms with Crippen molar-refractivity contribution in [1.29, 1.82) is 0 Å². The quantitative estimate of drug-likeness (QED) is 0.920. The number of fused-ring (bicyclic) bond motifs is 2. The maximum atomic E-state index is 9.37. The van der Waals surface area contributed by atoms with Gasteiger partial charge in [-0.05, 0) is 48.4 Å². The molecule has 2 heterocycles. The third kappa shape index (κ3) is 2.76. The summed E-state index contributed by atoms with van der Waals surface area (Å²) in [6.07, 6.45) is 4.60. The summed E-state index contributed by atoms with van der Waals surface area (Å²) in [5.74, 6) is 1.75. The zero-order chi connectivity index (χ0) is 16.5. The molecule has 4 rings (SSSR count). The highest BCUT2D eigenvalue weighted by atomic mass is 16.7. The third-order valence-electron chi connectivity index (χ3n) is 3.98. The molecule has 0 aliphatic carbocycles. The summed E-state index contributed by atoms with van der Waals surface area (Å²) in [7, 11) is 0. The van der Waals surface area contributed by atoms with Crippen LogP contribution in [0.1, 0.15) is 23.6 Å². The summed E-state index contributed by atoms with van der Waals surface area (Å²) < 4.78 is 11.0. The van der Waals surface area contributed by atoms with E-state index in [0.29, 0.717) is 0 Å². The van der Waals surface area contributed by atoms with Gasteiger partial charge in [0.1, 0.15) is 5.75 Å². The lowest BCUT2D eigenvalue weighted by atomic mass is 9.97. The van der Waals surface area contributed by atoms with Gasteiger partial charge in [0.15, 0.2) is 11.5 Å². The minimum absolute atomic E-state index is 0.247. The van der Waals surface area contributed by atoms with E-state index in [1.54, 1.807) is 12.1 Å². The molecular weight excluding hydrogens is 304 g/mol. The zero-order valence-electron chi connectivity index (χ0n) is 13.2. The van der Waals surface area contributed by atoms with E-state index in [-0.39, 0.29) is 12.5 Å². The van der Waals surface area contributed by atoms with Crippen molar-refractivity contribution in [3.05, 3.63) is 59.2 Å². The molecule has 0 radical (unpaired) electrons. The van der Waals surface area contributed by atoms with Gasteiger partial charge in [-0.15, -0.1) is 0 Å². The van der Waals surface area contributed by atoms with Crippen LogP contribution in [-0.2, 0) is 6.42 Å². The smallest absolute Gasteiger partial charge is 0.231 e. The molecule has 0 fully saturated rings. The lowest BCUT2D eigenvalue weighted by molar-refractivity contribution is 0.174. The number of nitrogens with zero attached hydrogens (tertiary/aromatic N) is 2. The number of rotatable bonds is 2. The molecule has 5 heteroatoms. The van der Waals surface area contributed by atoms with Crippen molar-refractivity contribution in [2.24, 2.45) is 10.2 Å². The Morgan fingerprint density at radius 3 is 2.54 bits per heavy atom. The fraction of sp³-hybridized carbons (Fsp3) is 0.158. The molecule has 24 heavy (non-hydrogen) atoms. The Balaban J connectivity index is 1.74. The number of phenolic OH excluding ortho intramolecular Hbond substituents is 1. The summed E-state index contributed by atoms with van der Waals surface area (Å²) in [6, 6.07) is 11.0. The lowest BCUT2D eigenvalue weighted by Crippen LogP contribution is -2.03. The predicted octanol–water partition coefficient (Wildman–Crippen LogP) is 3.56. The fourth-order valence-corrected chi connectivity index (χ4v) is 2.76. The maximum absolute atomic E-state index is 9.37. The second-order valence-electron chi connectivity index (χ2n) is 5.78. The molecule has 2 aliphatic rings. The van der Waals surface area contributed by atoms with Crippen molar-refractivity contribution in [3.8, 4) is 17.2 Å². The third-order valence-corrected chi connectivity index (χ3v) is 3.98. The van der Waals surface area contributed by atoms with Gasteiger partial charge in [0.25, 0.3) is 0 Å². The molecular formula is C19H16N2O3. The molecule has 0 aromatic heterocycles. The van der Waals surface area contributed by atoms with Crippen molar-refractivity contribution in [2.75, 3.05) is 6.79 Å². The van der Waals surface area contributed by atoms with Crippen molar-refractivity contribution in [1.82, 2.24) is 0 Å². The van der Waals surface area contributed by atoms with Gasteiger partial charge in [-0.1, -0.05) is 18.2 Å². The molecule has 2 aromatic carbocycles. The van der Waals surface area contributed by atoms with Gasteiger partial charge >= 0.3 is 0 Å². The molecule has 5 nitrogen and oxygen atoms in total. The van der Waals surface area contributed by atoms with Crippen LogP contribution in [0.2, 0.25) is 0 Å². The lowest BCUT2D eigenvalue weighted by Gasteiger charge is -2.08. The van der Waals surface area contributed by atoms with E-state index < -0.39 is 0 Å². The number of ether oxygens (including phenoxy) is 2. The molecule has 2 aromatic rings. The zero-order valence-corrected chi connectivity index (χ0v) is 13.2. The summed E-state index contributed by atoms with van der Waals surface area (Å²) in [5, 5.41) is 18.0. The Morgan fingerprint density at radius 2 is 1.75 bits per heavy atom. The molecule has 0 bridgehead atoms. The first kappa shape index (κ1) is 14.5. The van der Waals surface area contributed by atoms with Gasteiger partial charge in [-0.25, -0.2) is 0 Å². The van der Waals surface area contributed by atoms with E-state index in [1.165, 1.54) is 0 Å². The highest BCUT2D eigenvalue weighted by Crippen LogP contribution is 2.36. The Morgan fingerprint density at radius 1 is 1.00 bits per heavy atom. The van der Waals surface area contributed by atoms with Crippen molar-refractivity contribution >= 4 is 17.5 Å². The number of phenols is 1. The summed E-state index contributed by atoms with van der Waals surface area (Å²) in [5.41, 5.74) is 4.81. The van der Waals surface area contributed by atoms with Crippen LogP contribution in [0.25, 0.3) is 6.08 Å². The normalized spacial score (nSPS) is 15.7. The summed E-state index contributed by atoms with van der Waals surface area (Å²) in [4.78, 5) is 0. The molecule has 0 saturated carbocycles. The van der Waals surface area contributed by atoms with E-state index in [9.17, 15) is 5.11 Å². The minimum atomic E-state index is 0.247. The first-order chi connectivity index (χ1) is 11.7. The van der Waals surface area contributed by atoms with Crippen LogP contribution in [0.5, 0.6) is 17.2 Å². The second-order valence-corrected chi connectivity index (χ2v) is 5.78. The Kier molecular flexibility index (Phi) is 3.54. The first-order valence-electron chi connectivity index (χ1n) is 7.70. The number of hydrogen-bond acceptors (Lipinski definition) is 5. The van der Waals surface area contributed by atoms with E-state index in [4.69, 9.17) is 9.47 Å². The van der Waals surface area contributed by atoms with Gasteiger partial charge in [0.2, 0.25) is 6.79 Å². The Bertz CT molecular complexity index is 880. The van der Waals surface area contributed by atoms with Gasteiger partial charge < -0.3 is 14.6 Å². The highest BCUT2D eigenvalue weighted by Gasteiger charge is 2.20. The molecule has 1 N–H and O–H groups in total. The first-order valence-corrected chi connectivity index (χ1v) is 7.70. The van der Waals surface area contributed by atoms with Crippen LogP contribution in [-0.4, -0.2) is 23.3 Å².